The summed E-state index contributed by atoms with van der Waals surface area (Å²) < 4.78 is 1.77. The Morgan fingerprint density at radius 3 is 2.71 bits per heavy atom. The van der Waals surface area contributed by atoms with E-state index in [9.17, 15) is 5.11 Å². The molecule has 0 aliphatic rings. The Labute approximate surface area is 112 Å². The smallest absolute Gasteiger partial charge is 0.0860 e. The van der Waals surface area contributed by atoms with E-state index >= 15 is 0 Å². The van der Waals surface area contributed by atoms with Crippen LogP contribution in [-0.4, -0.2) is 39.0 Å². The fraction of sp³-hybridized carbons (Fsp3) is 0.727. The highest BCUT2D eigenvalue weighted by atomic mass is 35.5. The largest absolute Gasteiger partial charge is 0.388 e. The first kappa shape index (κ1) is 14.8. The second-order valence-corrected chi connectivity index (χ2v) is 5.75. The molecule has 1 rings (SSSR count). The molecule has 0 bridgehead atoms. The quantitative estimate of drug-likeness (QED) is 0.829. The summed E-state index contributed by atoms with van der Waals surface area (Å²) in [6.45, 7) is 4.86. The van der Waals surface area contributed by atoms with E-state index in [-0.39, 0.29) is 0 Å². The Morgan fingerprint density at radius 2 is 2.24 bits per heavy atom. The molecule has 2 N–H and O–H groups in total. The summed E-state index contributed by atoms with van der Waals surface area (Å²) in [5, 5.41) is 18.1. The lowest BCUT2D eigenvalue weighted by atomic mass is 10.1. The van der Waals surface area contributed by atoms with E-state index in [1.165, 1.54) is 0 Å². The molecule has 0 fully saturated rings. The number of hydrogen-bond acceptors (Lipinski definition) is 4. The van der Waals surface area contributed by atoms with Crippen molar-refractivity contribution in [1.29, 1.82) is 0 Å². The number of rotatable bonds is 6. The zero-order valence-electron chi connectivity index (χ0n) is 10.7. The molecule has 0 aromatic carbocycles. The minimum Gasteiger partial charge on any atom is -0.388 e. The van der Waals surface area contributed by atoms with E-state index in [0.717, 1.165) is 11.4 Å². The van der Waals surface area contributed by atoms with E-state index in [2.05, 4.69) is 10.4 Å². The van der Waals surface area contributed by atoms with E-state index in [1.54, 1.807) is 16.4 Å². The number of aliphatic hydroxyl groups is 1. The van der Waals surface area contributed by atoms with Gasteiger partial charge in [-0.2, -0.15) is 16.9 Å². The molecule has 1 aromatic rings. The highest BCUT2D eigenvalue weighted by Crippen LogP contribution is 2.19. The first-order valence-electron chi connectivity index (χ1n) is 5.47. The van der Waals surface area contributed by atoms with Crippen LogP contribution in [0.1, 0.15) is 18.3 Å². The Kier molecular flexibility index (Phi) is 5.31. The van der Waals surface area contributed by atoms with Crippen LogP contribution in [0, 0.1) is 6.92 Å². The molecule has 0 saturated carbocycles. The zero-order chi connectivity index (χ0) is 13.1. The molecule has 1 atom stereocenters. The molecular weight excluding hydrogens is 258 g/mol. The van der Waals surface area contributed by atoms with Crippen molar-refractivity contribution in [1.82, 2.24) is 15.1 Å². The molecule has 0 aliphatic heterocycles. The van der Waals surface area contributed by atoms with Crippen LogP contribution in [0.25, 0.3) is 0 Å². The Balaban J connectivity index is 2.51. The van der Waals surface area contributed by atoms with Gasteiger partial charge in [0.05, 0.1) is 22.0 Å². The van der Waals surface area contributed by atoms with Gasteiger partial charge in [0.2, 0.25) is 0 Å². The van der Waals surface area contributed by atoms with Crippen LogP contribution in [0.3, 0.4) is 0 Å². The van der Waals surface area contributed by atoms with Gasteiger partial charge in [0.15, 0.2) is 0 Å². The second kappa shape index (κ2) is 6.09. The van der Waals surface area contributed by atoms with Crippen LogP contribution in [0.15, 0.2) is 0 Å². The van der Waals surface area contributed by atoms with Gasteiger partial charge >= 0.3 is 0 Å². The number of thioether (sulfide) groups is 1. The second-order valence-electron chi connectivity index (χ2n) is 4.50. The predicted molar refractivity (Wildman–Crippen MR) is 73.7 cm³/mol. The van der Waals surface area contributed by atoms with Crippen LogP contribution < -0.4 is 5.32 Å². The summed E-state index contributed by atoms with van der Waals surface area (Å²) >= 11 is 7.77. The number of nitrogens with zero attached hydrogens (tertiary/aromatic N) is 2. The minimum absolute atomic E-state index is 0.536. The van der Waals surface area contributed by atoms with Gasteiger partial charge in [0, 0.05) is 25.9 Å². The summed E-state index contributed by atoms with van der Waals surface area (Å²) in [7, 11) is 1.87. The van der Waals surface area contributed by atoms with Crippen molar-refractivity contribution in [2.24, 2.45) is 7.05 Å². The molecule has 98 valence electrons. The average Bonchev–Trinajstić information content (AvgIpc) is 2.44. The summed E-state index contributed by atoms with van der Waals surface area (Å²) in [4.78, 5) is 0. The van der Waals surface area contributed by atoms with Crippen LogP contribution in [0.5, 0.6) is 0 Å². The molecule has 0 amide bonds. The topological polar surface area (TPSA) is 50.1 Å². The van der Waals surface area contributed by atoms with E-state index in [4.69, 9.17) is 11.6 Å². The lowest BCUT2D eigenvalue weighted by molar-refractivity contribution is 0.0844. The Bertz CT molecular complexity index is 379. The highest BCUT2D eigenvalue weighted by Gasteiger charge is 2.19. The van der Waals surface area contributed by atoms with Crippen LogP contribution in [0.4, 0.5) is 0 Å². The molecule has 1 unspecified atom stereocenters. The lowest BCUT2D eigenvalue weighted by Crippen LogP contribution is -2.39. The third-order valence-electron chi connectivity index (χ3n) is 2.52. The van der Waals surface area contributed by atoms with E-state index < -0.39 is 5.60 Å². The minimum atomic E-state index is -0.695. The maximum atomic E-state index is 10.00. The molecule has 1 aromatic heterocycles. The molecular formula is C11H20ClN3OS. The van der Waals surface area contributed by atoms with Gasteiger partial charge in [-0.15, -0.1) is 0 Å². The number of aryl methyl sites for hydroxylation is 2. The van der Waals surface area contributed by atoms with Gasteiger partial charge in [-0.1, -0.05) is 11.6 Å². The van der Waals surface area contributed by atoms with Crippen molar-refractivity contribution in [3.05, 3.63) is 16.4 Å². The third kappa shape index (κ3) is 4.17. The summed E-state index contributed by atoms with van der Waals surface area (Å²) in [5.74, 6) is 0.706. The summed E-state index contributed by atoms with van der Waals surface area (Å²) in [6.07, 6.45) is 1.98. The fourth-order valence-corrected chi connectivity index (χ4v) is 2.64. The molecule has 1 heterocycles. The maximum absolute atomic E-state index is 10.00. The van der Waals surface area contributed by atoms with Crippen LogP contribution >= 0.6 is 23.4 Å². The molecule has 0 aliphatic carbocycles. The lowest BCUT2D eigenvalue weighted by Gasteiger charge is -2.22. The molecule has 0 saturated heterocycles. The maximum Gasteiger partial charge on any atom is 0.0860 e. The number of aromatic nitrogens is 2. The van der Waals surface area contributed by atoms with Gasteiger partial charge in [-0.05, 0) is 20.1 Å². The van der Waals surface area contributed by atoms with Crippen molar-refractivity contribution in [3.8, 4) is 0 Å². The SMILES string of the molecule is CSCC(C)(O)CNCc1c(Cl)c(C)nn1C. The first-order valence-corrected chi connectivity index (χ1v) is 7.24. The predicted octanol–water partition coefficient (Wildman–Crippen LogP) is 1.59. The van der Waals surface area contributed by atoms with Gasteiger partial charge in [-0.3, -0.25) is 4.68 Å². The number of hydrogen-bond donors (Lipinski definition) is 2. The Morgan fingerprint density at radius 1 is 1.59 bits per heavy atom. The number of halogens is 1. The van der Waals surface area contributed by atoms with Gasteiger partial charge in [0.25, 0.3) is 0 Å². The van der Waals surface area contributed by atoms with Crippen LogP contribution in [-0.2, 0) is 13.6 Å². The highest BCUT2D eigenvalue weighted by molar-refractivity contribution is 7.98. The average molecular weight is 278 g/mol. The third-order valence-corrected chi connectivity index (χ3v) is 3.92. The van der Waals surface area contributed by atoms with Crippen molar-refractivity contribution in [3.63, 3.8) is 0 Å². The molecule has 17 heavy (non-hydrogen) atoms. The Hall–Kier alpha value is -0.230. The summed E-state index contributed by atoms with van der Waals surface area (Å²) in [6, 6.07) is 0. The number of nitrogens with one attached hydrogen (secondary N) is 1. The normalized spacial score (nSPS) is 14.9. The zero-order valence-corrected chi connectivity index (χ0v) is 12.3. The van der Waals surface area contributed by atoms with Gasteiger partial charge in [-0.25, -0.2) is 0 Å². The van der Waals surface area contributed by atoms with Crippen LogP contribution in [0.2, 0.25) is 5.02 Å². The molecule has 6 heteroatoms. The molecule has 0 spiro atoms. The van der Waals surface area contributed by atoms with Crippen molar-refractivity contribution < 1.29 is 5.11 Å². The standard InChI is InChI=1S/C11H20ClN3OS/c1-8-10(12)9(15(3)14-8)5-13-6-11(2,16)7-17-4/h13,16H,5-7H2,1-4H3. The molecule has 4 nitrogen and oxygen atoms in total. The monoisotopic (exact) mass is 277 g/mol. The fourth-order valence-electron chi connectivity index (χ4n) is 1.68. The van der Waals surface area contributed by atoms with Crippen molar-refractivity contribution in [2.75, 3.05) is 18.6 Å². The van der Waals surface area contributed by atoms with E-state index in [0.29, 0.717) is 23.9 Å². The first-order chi connectivity index (χ1) is 7.87. The summed E-state index contributed by atoms with van der Waals surface area (Å²) in [5.41, 5.74) is 1.09. The van der Waals surface area contributed by atoms with Crippen molar-refractivity contribution >= 4 is 23.4 Å². The van der Waals surface area contributed by atoms with Gasteiger partial charge in [0.1, 0.15) is 0 Å². The molecule has 0 radical (unpaired) electrons. The van der Waals surface area contributed by atoms with E-state index in [1.807, 2.05) is 27.2 Å². The van der Waals surface area contributed by atoms with Gasteiger partial charge < -0.3 is 10.4 Å². The van der Waals surface area contributed by atoms with Crippen molar-refractivity contribution in [2.45, 2.75) is 26.0 Å².